The molecule has 0 aromatic heterocycles. The van der Waals surface area contributed by atoms with Gasteiger partial charge >= 0.3 is 0 Å². The minimum Gasteiger partial charge on any atom is -0.493 e. The summed E-state index contributed by atoms with van der Waals surface area (Å²) in [5, 5.41) is 3.49. The molecule has 1 amide bonds. The molecule has 0 saturated carbocycles. The molecule has 2 aromatic rings. The van der Waals surface area contributed by atoms with E-state index in [0.717, 1.165) is 5.56 Å². The monoisotopic (exact) mass is 333 g/mol. The van der Waals surface area contributed by atoms with E-state index in [9.17, 15) is 4.79 Å². The Morgan fingerprint density at radius 2 is 1.91 bits per heavy atom. The second kappa shape index (κ2) is 7.88. The van der Waals surface area contributed by atoms with E-state index in [2.05, 4.69) is 5.32 Å². The molecule has 0 saturated heterocycles. The van der Waals surface area contributed by atoms with E-state index in [4.69, 9.17) is 21.1 Å². The van der Waals surface area contributed by atoms with Crippen LogP contribution in [0.15, 0.2) is 42.5 Å². The highest BCUT2D eigenvalue weighted by molar-refractivity contribution is 6.31. The molecule has 0 spiro atoms. The predicted molar refractivity (Wildman–Crippen MR) is 91.4 cm³/mol. The van der Waals surface area contributed by atoms with Crippen molar-refractivity contribution in [3.05, 3.63) is 58.6 Å². The van der Waals surface area contributed by atoms with Crippen molar-refractivity contribution in [2.75, 3.05) is 7.11 Å². The van der Waals surface area contributed by atoms with Crippen LogP contribution in [-0.4, -0.2) is 19.1 Å². The van der Waals surface area contributed by atoms with E-state index in [0.29, 0.717) is 28.7 Å². The summed E-state index contributed by atoms with van der Waals surface area (Å²) in [6.45, 7) is 4.15. The number of benzene rings is 2. The van der Waals surface area contributed by atoms with Crippen LogP contribution in [0, 0.1) is 0 Å². The molecule has 0 fully saturated rings. The lowest BCUT2D eigenvalue weighted by Crippen LogP contribution is -2.30. The number of methoxy groups -OCH3 is 1. The molecule has 4 nitrogen and oxygen atoms in total. The van der Waals surface area contributed by atoms with Gasteiger partial charge in [0.25, 0.3) is 5.91 Å². The Morgan fingerprint density at radius 3 is 2.57 bits per heavy atom. The van der Waals surface area contributed by atoms with Crippen LogP contribution in [0.2, 0.25) is 5.02 Å². The van der Waals surface area contributed by atoms with E-state index in [1.165, 1.54) is 0 Å². The van der Waals surface area contributed by atoms with Crippen LogP contribution in [0.4, 0.5) is 0 Å². The Labute approximate surface area is 141 Å². The van der Waals surface area contributed by atoms with Crippen molar-refractivity contribution in [3.63, 3.8) is 0 Å². The van der Waals surface area contributed by atoms with Crippen molar-refractivity contribution in [2.45, 2.75) is 26.5 Å². The van der Waals surface area contributed by atoms with Gasteiger partial charge in [-0.3, -0.25) is 4.79 Å². The lowest BCUT2D eigenvalue weighted by atomic mass is 10.1. The Hall–Kier alpha value is -2.20. The highest BCUT2D eigenvalue weighted by Gasteiger charge is 2.12. The van der Waals surface area contributed by atoms with Gasteiger partial charge in [-0.1, -0.05) is 29.8 Å². The highest BCUT2D eigenvalue weighted by Crippen LogP contribution is 2.29. The number of halogens is 1. The first kappa shape index (κ1) is 17.2. The number of nitrogens with one attached hydrogen (secondary N) is 1. The summed E-state index contributed by atoms with van der Waals surface area (Å²) in [5.41, 5.74) is 1.42. The SMILES string of the molecule is COc1cc(C(=O)NC(C)C)ccc1OCc1ccccc1Cl. The second-order valence-corrected chi connectivity index (χ2v) is 5.78. The van der Waals surface area contributed by atoms with E-state index in [-0.39, 0.29) is 11.9 Å². The van der Waals surface area contributed by atoms with Crippen molar-refractivity contribution in [3.8, 4) is 11.5 Å². The molecule has 1 N–H and O–H groups in total. The van der Waals surface area contributed by atoms with Crippen molar-refractivity contribution >= 4 is 17.5 Å². The molecule has 0 bridgehead atoms. The Bertz CT molecular complexity index is 686. The molecule has 0 unspecified atom stereocenters. The lowest BCUT2D eigenvalue weighted by molar-refractivity contribution is 0.0942. The first-order valence-electron chi connectivity index (χ1n) is 7.36. The molecule has 0 heterocycles. The standard InChI is InChI=1S/C18H20ClNO3/c1-12(2)20-18(21)13-8-9-16(17(10-13)22-3)23-11-14-6-4-5-7-15(14)19/h4-10,12H,11H2,1-3H3,(H,20,21). The first-order valence-corrected chi connectivity index (χ1v) is 7.74. The summed E-state index contributed by atoms with van der Waals surface area (Å²) < 4.78 is 11.1. The predicted octanol–water partition coefficient (Wildman–Crippen LogP) is 4.07. The van der Waals surface area contributed by atoms with E-state index < -0.39 is 0 Å². The quantitative estimate of drug-likeness (QED) is 0.867. The molecule has 0 atom stereocenters. The number of hydrogen-bond donors (Lipinski definition) is 1. The summed E-state index contributed by atoms with van der Waals surface area (Å²) in [5.74, 6) is 0.929. The van der Waals surface area contributed by atoms with Crippen LogP contribution in [-0.2, 0) is 6.61 Å². The van der Waals surface area contributed by atoms with Gasteiger partial charge in [0.2, 0.25) is 0 Å². The molecule has 2 aromatic carbocycles. The topological polar surface area (TPSA) is 47.6 Å². The number of ether oxygens (including phenoxy) is 2. The molecule has 23 heavy (non-hydrogen) atoms. The van der Waals surface area contributed by atoms with Crippen LogP contribution >= 0.6 is 11.6 Å². The van der Waals surface area contributed by atoms with Crippen molar-refractivity contribution in [1.29, 1.82) is 0 Å². The fourth-order valence-corrected chi connectivity index (χ4v) is 2.23. The Kier molecular flexibility index (Phi) is 5.88. The zero-order valence-corrected chi connectivity index (χ0v) is 14.2. The molecule has 5 heteroatoms. The maximum atomic E-state index is 12.0. The molecule has 0 radical (unpaired) electrons. The maximum Gasteiger partial charge on any atom is 0.251 e. The van der Waals surface area contributed by atoms with Gasteiger partial charge in [0.15, 0.2) is 11.5 Å². The van der Waals surface area contributed by atoms with E-state index in [1.807, 2.05) is 38.1 Å². The molecule has 122 valence electrons. The van der Waals surface area contributed by atoms with Crippen LogP contribution in [0.3, 0.4) is 0 Å². The van der Waals surface area contributed by atoms with Crippen LogP contribution < -0.4 is 14.8 Å². The van der Waals surface area contributed by atoms with E-state index >= 15 is 0 Å². The molecule has 0 aliphatic carbocycles. The van der Waals surface area contributed by atoms with Gasteiger partial charge in [-0.15, -0.1) is 0 Å². The summed E-state index contributed by atoms with van der Waals surface area (Å²) in [7, 11) is 1.54. The number of rotatable bonds is 6. The smallest absolute Gasteiger partial charge is 0.251 e. The van der Waals surface area contributed by atoms with Crippen molar-refractivity contribution in [1.82, 2.24) is 5.32 Å². The number of carbonyl (C=O) groups is 1. The third-order valence-electron chi connectivity index (χ3n) is 3.19. The summed E-state index contributed by atoms with van der Waals surface area (Å²) in [6.07, 6.45) is 0. The van der Waals surface area contributed by atoms with Gasteiger partial charge in [-0.05, 0) is 38.1 Å². The zero-order chi connectivity index (χ0) is 16.8. The first-order chi connectivity index (χ1) is 11.0. The normalized spacial score (nSPS) is 10.5. The number of carbonyl (C=O) groups excluding carboxylic acids is 1. The third-order valence-corrected chi connectivity index (χ3v) is 3.56. The second-order valence-electron chi connectivity index (χ2n) is 5.37. The van der Waals surface area contributed by atoms with Crippen LogP contribution in [0.5, 0.6) is 11.5 Å². The molecular formula is C18H20ClNO3. The summed E-state index contributed by atoms with van der Waals surface area (Å²) in [4.78, 5) is 12.0. The maximum absolute atomic E-state index is 12.0. The van der Waals surface area contributed by atoms with Gasteiger partial charge in [0, 0.05) is 22.2 Å². The average molecular weight is 334 g/mol. The summed E-state index contributed by atoms with van der Waals surface area (Å²) in [6, 6.07) is 12.7. The largest absolute Gasteiger partial charge is 0.493 e. The number of hydrogen-bond acceptors (Lipinski definition) is 3. The summed E-state index contributed by atoms with van der Waals surface area (Å²) >= 11 is 6.12. The van der Waals surface area contributed by atoms with Crippen molar-refractivity contribution < 1.29 is 14.3 Å². The number of amides is 1. The molecule has 2 rings (SSSR count). The van der Waals surface area contributed by atoms with E-state index in [1.54, 1.807) is 25.3 Å². The van der Waals surface area contributed by atoms with Gasteiger partial charge < -0.3 is 14.8 Å². The zero-order valence-electron chi connectivity index (χ0n) is 13.4. The minimum atomic E-state index is -0.143. The molecule has 0 aliphatic heterocycles. The minimum absolute atomic E-state index is 0.0737. The van der Waals surface area contributed by atoms with Crippen LogP contribution in [0.25, 0.3) is 0 Å². The van der Waals surface area contributed by atoms with Crippen LogP contribution in [0.1, 0.15) is 29.8 Å². The third kappa shape index (κ3) is 4.63. The van der Waals surface area contributed by atoms with Gasteiger partial charge in [-0.2, -0.15) is 0 Å². The fraction of sp³-hybridized carbons (Fsp3) is 0.278. The van der Waals surface area contributed by atoms with Gasteiger partial charge in [0.05, 0.1) is 7.11 Å². The Morgan fingerprint density at radius 1 is 1.17 bits per heavy atom. The van der Waals surface area contributed by atoms with Gasteiger partial charge in [0.1, 0.15) is 6.61 Å². The highest BCUT2D eigenvalue weighted by atomic mass is 35.5. The van der Waals surface area contributed by atoms with Gasteiger partial charge in [-0.25, -0.2) is 0 Å². The fourth-order valence-electron chi connectivity index (χ4n) is 2.04. The van der Waals surface area contributed by atoms with Crippen molar-refractivity contribution in [2.24, 2.45) is 0 Å². The Balaban J connectivity index is 2.13. The average Bonchev–Trinajstić information content (AvgIpc) is 2.53. The lowest BCUT2D eigenvalue weighted by Gasteiger charge is -2.13. The molecule has 0 aliphatic rings. The molecular weight excluding hydrogens is 314 g/mol.